The molecule has 3 heteroatoms. The van der Waals surface area contributed by atoms with Gasteiger partial charge in [-0.1, -0.05) is 322 Å². The summed E-state index contributed by atoms with van der Waals surface area (Å²) >= 11 is 0. The van der Waals surface area contributed by atoms with E-state index in [9.17, 15) is 5.53 Å². The fraction of sp³-hybridized carbons (Fsp3) is 0.750. The molecule has 0 N–H and O–H groups in total. The Hall–Kier alpha value is -1.99. The van der Waals surface area contributed by atoms with Crippen molar-refractivity contribution in [2.75, 3.05) is 0 Å². The van der Waals surface area contributed by atoms with Crippen LogP contribution in [0.5, 0.6) is 0 Å². The van der Waals surface area contributed by atoms with E-state index in [1.165, 1.54) is 291 Å². The Morgan fingerprint density at radius 2 is 0.600 bits per heavy atom. The first-order chi connectivity index (χ1) is 36.5. The minimum Gasteiger partial charge on any atom is -0.493 e. The number of nitrogens with zero attached hydrogens (tertiary/aromatic N) is 2. The van der Waals surface area contributed by atoms with E-state index in [4.69, 9.17) is 0 Å². The molecule has 1 aliphatic rings. The molecule has 75 heavy (non-hydrogen) atoms. The van der Waals surface area contributed by atoms with Crippen molar-refractivity contribution in [2.24, 2.45) is 0 Å². The van der Waals surface area contributed by atoms with Crippen molar-refractivity contribution in [2.45, 2.75) is 349 Å². The molecule has 0 saturated heterocycles. The Kier molecular flexibility index (Phi) is 55.2. The van der Waals surface area contributed by atoms with Crippen molar-refractivity contribution in [3.8, 4) is 0 Å². The Morgan fingerprint density at radius 1 is 0.333 bits per heavy atom. The molecule has 0 amide bonds. The van der Waals surface area contributed by atoms with E-state index in [-0.39, 0.29) is 16.5 Å². The van der Waals surface area contributed by atoms with Gasteiger partial charge in [0.05, 0.1) is 0 Å². The maximum atomic E-state index is 11.3. The van der Waals surface area contributed by atoms with Gasteiger partial charge in [0.25, 0.3) is 0 Å². The van der Waals surface area contributed by atoms with Gasteiger partial charge in [0.2, 0.25) is 11.4 Å². The second kappa shape index (κ2) is 56.7. The van der Waals surface area contributed by atoms with Crippen molar-refractivity contribution in [1.82, 2.24) is 0 Å². The van der Waals surface area contributed by atoms with Crippen LogP contribution in [0.1, 0.15) is 359 Å². The van der Waals surface area contributed by atoms with E-state index in [0.29, 0.717) is 0 Å². The molecule has 0 bridgehead atoms. The molecule has 434 valence electrons. The van der Waals surface area contributed by atoms with E-state index in [1.54, 1.807) is 0 Å². The molecule has 2 aromatic carbocycles. The molecule has 0 aromatic heterocycles. The number of rotatable bonds is 49. The van der Waals surface area contributed by atoms with E-state index < -0.39 is 0 Å². The van der Waals surface area contributed by atoms with Crippen LogP contribution < -0.4 is 0 Å². The second-order valence-electron chi connectivity index (χ2n) is 22.9. The summed E-state index contributed by atoms with van der Waals surface area (Å²) in [4.78, 5) is 0. The zero-order valence-corrected chi connectivity index (χ0v) is 52.0. The van der Waals surface area contributed by atoms with Crippen LogP contribution in [-0.2, 0) is 29.3 Å². The first-order valence-corrected chi connectivity index (χ1v) is 33.2. The van der Waals surface area contributed by atoms with Gasteiger partial charge in [-0.25, -0.2) is 4.70 Å². The molecule has 0 saturated carbocycles. The number of hydrogen-bond donors (Lipinski definition) is 0. The fourth-order valence-electron chi connectivity index (χ4n) is 10.7. The molecule has 0 atom stereocenters. The third kappa shape index (κ3) is 41.7. The zero-order chi connectivity index (χ0) is 53.6. The smallest absolute Gasteiger partial charge is 0.493 e. The van der Waals surface area contributed by atoms with Gasteiger partial charge in [-0.15, -0.1) is 0 Å². The van der Waals surface area contributed by atoms with E-state index in [0.717, 1.165) is 67.5 Å². The summed E-state index contributed by atoms with van der Waals surface area (Å²) in [6, 6.07) is 17.4. The van der Waals surface area contributed by atoms with E-state index >= 15 is 0 Å². The van der Waals surface area contributed by atoms with Crippen LogP contribution in [0.4, 0.5) is 0 Å². The molecule has 2 nitrogen and oxygen atoms in total. The maximum absolute atomic E-state index is 11.3. The van der Waals surface area contributed by atoms with Crippen LogP contribution in [0.25, 0.3) is 16.9 Å². The average molecular weight is 1080 g/mol. The minimum absolute atomic E-state index is 0. The van der Waals surface area contributed by atoms with Gasteiger partial charge in [0.15, 0.2) is 0 Å². The van der Waals surface area contributed by atoms with Gasteiger partial charge in [-0.3, -0.25) is 0 Å². The second-order valence-corrected chi connectivity index (χ2v) is 22.9. The van der Waals surface area contributed by atoms with Crippen molar-refractivity contribution in [1.29, 1.82) is 0 Å². The molecule has 1 heterocycles. The first kappa shape index (κ1) is 73.0. The van der Waals surface area contributed by atoms with Gasteiger partial charge in [-0.2, -0.15) is 12.8 Å². The van der Waals surface area contributed by atoms with E-state index in [2.05, 4.69) is 103 Å². The molecule has 0 unspecified atom stereocenters. The minimum atomic E-state index is 0. The van der Waals surface area contributed by atoms with Crippen molar-refractivity contribution < 1.29 is 21.2 Å². The number of hydrogen-bond acceptors (Lipinski definition) is 0. The SMILES string of the molecule is CCCCC1=C(c2cccc(CCCC)c2)[N+](=[N-])C(c2cccc(CCCC)c2)=C1.[CH2-]CCCCCCCCCCCCCCCCCCCCC.[CH2-]CCCCCCCCCCCCCCCCCCCCC.[Ni+2]. The summed E-state index contributed by atoms with van der Waals surface area (Å²) in [6.45, 7) is 19.1. The number of allylic oxidation sites excluding steroid dienone is 2. The zero-order valence-electron chi connectivity index (χ0n) is 51.0. The third-order valence-corrected chi connectivity index (χ3v) is 15.6. The fourth-order valence-corrected chi connectivity index (χ4v) is 10.7. The van der Waals surface area contributed by atoms with Crippen molar-refractivity contribution in [3.63, 3.8) is 0 Å². The molecule has 2 aromatic rings. The predicted molar refractivity (Wildman–Crippen MR) is 335 cm³/mol. The van der Waals surface area contributed by atoms with Crippen LogP contribution in [0.15, 0.2) is 60.2 Å². The Balaban J connectivity index is 0.00000111. The van der Waals surface area contributed by atoms with Gasteiger partial charge in [0, 0.05) is 22.8 Å². The topological polar surface area (TPSA) is 25.3 Å². The molecule has 3 rings (SSSR count). The van der Waals surface area contributed by atoms with Crippen LogP contribution in [-0.4, -0.2) is 4.70 Å². The predicted octanol–water partition coefficient (Wildman–Crippen LogP) is 25.6. The summed E-state index contributed by atoms with van der Waals surface area (Å²) in [7, 11) is 0. The van der Waals surface area contributed by atoms with E-state index in [1.807, 2.05) is 0 Å². The normalized spacial score (nSPS) is 12.1. The Bertz CT molecular complexity index is 1510. The Labute approximate surface area is 481 Å². The molecular formula is C72H126N2Ni. The number of aryl methyl sites for hydroxylation is 2. The molecule has 1 aliphatic heterocycles. The largest absolute Gasteiger partial charge is 2.00 e. The van der Waals surface area contributed by atoms with Crippen LogP contribution in [0, 0.1) is 13.8 Å². The monoisotopic (exact) mass is 1080 g/mol. The average Bonchev–Trinajstić information content (AvgIpc) is 3.76. The third-order valence-electron chi connectivity index (χ3n) is 15.6. The number of benzene rings is 2. The quantitative estimate of drug-likeness (QED) is 0.0273. The van der Waals surface area contributed by atoms with Gasteiger partial charge in [-0.05, 0) is 73.9 Å². The van der Waals surface area contributed by atoms with Crippen molar-refractivity contribution in [3.05, 3.63) is 102 Å². The standard InChI is InChI=1S/C28H36N2.2C22H45.Ni/c1-4-7-12-22-14-10-17-24(19-22)27-21-26(16-9-6-3)28(30(27)29)25-18-11-15-23(20-25)13-8-5-2;2*1-3-5-7-9-11-13-15-17-19-21-22-20-18-16-14-12-10-8-6-4-2;/h10-11,14-15,17-21H,4-9,12-13,16H2,1-3H3;2*1,3-22H2,2H3;/q;2*-1;+2. The molecule has 0 aliphatic carbocycles. The molecular weight excluding hydrogens is 951 g/mol. The summed E-state index contributed by atoms with van der Waals surface area (Å²) < 4.78 is 1.43. The summed E-state index contributed by atoms with van der Waals surface area (Å²) in [5, 5.41) is 0. The molecule has 0 spiro atoms. The maximum Gasteiger partial charge on any atom is 2.00 e. The van der Waals surface area contributed by atoms with Crippen LogP contribution in [0.3, 0.4) is 0 Å². The molecule has 0 radical (unpaired) electrons. The molecule has 0 fully saturated rings. The number of unbranched alkanes of at least 4 members (excludes halogenated alkanes) is 41. The van der Waals surface area contributed by atoms with Gasteiger partial charge in [0.1, 0.15) is 0 Å². The van der Waals surface area contributed by atoms with Crippen molar-refractivity contribution >= 4 is 11.4 Å². The summed E-state index contributed by atoms with van der Waals surface area (Å²) in [5.41, 5.74) is 19.3. The van der Waals surface area contributed by atoms with Gasteiger partial charge >= 0.3 is 16.5 Å². The summed E-state index contributed by atoms with van der Waals surface area (Å²) in [6.07, 6.45) is 70.0. The van der Waals surface area contributed by atoms with Crippen LogP contribution >= 0.6 is 0 Å². The first-order valence-electron chi connectivity index (χ1n) is 33.2. The summed E-state index contributed by atoms with van der Waals surface area (Å²) in [5.74, 6) is 0. The van der Waals surface area contributed by atoms with Gasteiger partial charge < -0.3 is 19.4 Å². The Morgan fingerprint density at radius 3 is 0.907 bits per heavy atom. The van der Waals surface area contributed by atoms with Crippen LogP contribution in [0.2, 0.25) is 0 Å².